The average Bonchev–Trinajstić information content (AvgIpc) is 2.87. The molecule has 0 aromatic heterocycles. The van der Waals surface area contributed by atoms with Crippen LogP contribution < -0.4 is 5.43 Å². The lowest BCUT2D eigenvalue weighted by molar-refractivity contribution is -0.144. The standard InChI is InChI=1S/C27H36F3N3O3/c1-3-4-5-18(2)20-10-14-33(15-11-20)31-26(27(35)36)21-8-12-32(13-9-21)24(34)7-6-19-16-22(28)25(30)23(29)17-19/h5-7,16-17,20-21,26,31H,3-4,8-15H2,1-2H3,(H,35,36). The maximum absolute atomic E-state index is 13.4. The van der Waals surface area contributed by atoms with E-state index in [1.54, 1.807) is 4.90 Å². The van der Waals surface area contributed by atoms with Crippen LogP contribution in [0.5, 0.6) is 0 Å². The average molecular weight is 508 g/mol. The van der Waals surface area contributed by atoms with Gasteiger partial charge in [0.25, 0.3) is 0 Å². The third-order valence-corrected chi connectivity index (χ3v) is 7.23. The number of allylic oxidation sites excluding steroid dienone is 2. The van der Waals surface area contributed by atoms with Crippen molar-refractivity contribution in [1.29, 1.82) is 0 Å². The number of carboxylic acids is 1. The summed E-state index contributed by atoms with van der Waals surface area (Å²) in [5.41, 5.74) is 4.70. The monoisotopic (exact) mass is 507 g/mol. The lowest BCUT2D eigenvalue weighted by Gasteiger charge is -2.39. The molecule has 2 aliphatic rings. The van der Waals surface area contributed by atoms with Gasteiger partial charge in [0.2, 0.25) is 5.91 Å². The number of piperidine rings is 2. The molecule has 2 saturated heterocycles. The number of unbranched alkanes of at least 4 members (excludes halogenated alkanes) is 1. The number of nitrogens with one attached hydrogen (secondary N) is 1. The highest BCUT2D eigenvalue weighted by molar-refractivity contribution is 5.91. The van der Waals surface area contributed by atoms with Crippen molar-refractivity contribution in [2.75, 3.05) is 26.2 Å². The zero-order chi connectivity index (χ0) is 26.2. The van der Waals surface area contributed by atoms with Gasteiger partial charge < -0.3 is 10.0 Å². The number of carbonyl (C=O) groups is 2. The predicted molar refractivity (Wildman–Crippen MR) is 132 cm³/mol. The molecule has 1 aromatic carbocycles. The first-order valence-corrected chi connectivity index (χ1v) is 12.7. The van der Waals surface area contributed by atoms with Gasteiger partial charge in [0.15, 0.2) is 17.5 Å². The number of likely N-dealkylation sites (tertiary alicyclic amines) is 1. The van der Waals surface area contributed by atoms with Gasteiger partial charge in [0.1, 0.15) is 6.04 Å². The first-order chi connectivity index (χ1) is 17.2. The molecule has 1 aromatic rings. The first kappa shape index (κ1) is 27.9. The number of hydrogen-bond donors (Lipinski definition) is 2. The number of rotatable bonds is 9. The summed E-state index contributed by atoms with van der Waals surface area (Å²) in [6.07, 6.45) is 10.0. The van der Waals surface area contributed by atoms with E-state index in [9.17, 15) is 27.9 Å². The van der Waals surface area contributed by atoms with E-state index in [2.05, 4.69) is 25.3 Å². The van der Waals surface area contributed by atoms with Crippen LogP contribution in [0.2, 0.25) is 0 Å². The van der Waals surface area contributed by atoms with E-state index in [1.165, 1.54) is 17.7 Å². The number of hydrogen-bond acceptors (Lipinski definition) is 4. The number of nitrogens with zero attached hydrogens (tertiary/aromatic N) is 2. The summed E-state index contributed by atoms with van der Waals surface area (Å²) in [6, 6.07) is 0.919. The molecule has 2 aliphatic heterocycles. The number of halogens is 3. The summed E-state index contributed by atoms with van der Waals surface area (Å²) in [7, 11) is 0. The van der Waals surface area contributed by atoms with Crippen LogP contribution in [0.15, 0.2) is 29.9 Å². The molecule has 198 valence electrons. The molecule has 0 radical (unpaired) electrons. The number of aliphatic carboxylic acids is 1. The van der Waals surface area contributed by atoms with E-state index in [-0.39, 0.29) is 17.4 Å². The van der Waals surface area contributed by atoms with E-state index in [1.807, 2.05) is 5.01 Å². The molecule has 3 rings (SSSR count). The van der Waals surface area contributed by atoms with Crippen LogP contribution in [-0.4, -0.2) is 59.1 Å². The fraction of sp³-hybridized carbons (Fsp3) is 0.556. The molecule has 0 bridgehead atoms. The Balaban J connectivity index is 1.50. The van der Waals surface area contributed by atoms with Crippen LogP contribution in [0, 0.1) is 29.3 Å². The summed E-state index contributed by atoms with van der Waals surface area (Å²) in [5.74, 6) is -5.01. The highest BCUT2D eigenvalue weighted by Gasteiger charge is 2.34. The zero-order valence-corrected chi connectivity index (χ0v) is 21.0. The Morgan fingerprint density at radius 2 is 1.69 bits per heavy atom. The zero-order valence-electron chi connectivity index (χ0n) is 21.0. The summed E-state index contributed by atoms with van der Waals surface area (Å²) in [6.45, 7) is 6.70. The molecule has 0 aliphatic carbocycles. The molecule has 6 nitrogen and oxygen atoms in total. The van der Waals surface area contributed by atoms with Gasteiger partial charge in [-0.15, -0.1) is 0 Å². The predicted octanol–water partition coefficient (Wildman–Crippen LogP) is 4.77. The van der Waals surface area contributed by atoms with Crippen molar-refractivity contribution in [2.24, 2.45) is 11.8 Å². The third kappa shape index (κ3) is 7.43. The lowest BCUT2D eigenvalue weighted by atomic mass is 9.88. The molecule has 36 heavy (non-hydrogen) atoms. The van der Waals surface area contributed by atoms with E-state index >= 15 is 0 Å². The van der Waals surface area contributed by atoms with Crippen LogP contribution >= 0.6 is 0 Å². The smallest absolute Gasteiger partial charge is 0.322 e. The molecule has 1 unspecified atom stereocenters. The van der Waals surface area contributed by atoms with Crippen molar-refractivity contribution < 1.29 is 27.9 Å². The van der Waals surface area contributed by atoms with Crippen LogP contribution in [0.25, 0.3) is 6.08 Å². The van der Waals surface area contributed by atoms with E-state index < -0.39 is 29.5 Å². The fourth-order valence-corrected chi connectivity index (χ4v) is 4.96. The number of benzene rings is 1. The maximum Gasteiger partial charge on any atom is 0.322 e. The minimum atomic E-state index is -1.55. The Kier molecular flexibility index (Phi) is 10.1. The highest BCUT2D eigenvalue weighted by Crippen LogP contribution is 2.26. The SMILES string of the molecule is CCCC=C(C)C1CCN(NC(C(=O)O)C2CCN(C(=O)C=Cc3cc(F)c(F)c(F)c3)CC2)CC1. The van der Waals surface area contributed by atoms with Crippen molar-refractivity contribution in [2.45, 2.75) is 58.4 Å². The quantitative estimate of drug-likeness (QED) is 0.286. The lowest BCUT2D eigenvalue weighted by Crippen LogP contribution is -2.56. The number of hydrazine groups is 1. The van der Waals surface area contributed by atoms with Gasteiger partial charge in [0, 0.05) is 32.3 Å². The Morgan fingerprint density at radius 1 is 1.08 bits per heavy atom. The third-order valence-electron chi connectivity index (χ3n) is 7.23. The van der Waals surface area contributed by atoms with Gasteiger partial charge >= 0.3 is 5.97 Å². The molecule has 1 atom stereocenters. The second-order valence-electron chi connectivity index (χ2n) is 9.74. The number of carbonyl (C=O) groups excluding carboxylic acids is 1. The van der Waals surface area contributed by atoms with Crippen LogP contribution in [0.1, 0.15) is 57.9 Å². The number of amides is 1. The summed E-state index contributed by atoms with van der Waals surface area (Å²) < 4.78 is 39.8. The Bertz CT molecular complexity index is 959. The van der Waals surface area contributed by atoms with E-state index in [0.717, 1.165) is 50.9 Å². The normalized spacial score (nSPS) is 19.7. The van der Waals surface area contributed by atoms with Gasteiger partial charge in [-0.1, -0.05) is 25.0 Å². The molecule has 9 heteroatoms. The van der Waals surface area contributed by atoms with Crippen molar-refractivity contribution >= 4 is 18.0 Å². The molecule has 0 spiro atoms. The van der Waals surface area contributed by atoms with E-state index in [4.69, 9.17) is 0 Å². The molecule has 2 heterocycles. The van der Waals surface area contributed by atoms with Crippen LogP contribution in [0.4, 0.5) is 13.2 Å². The van der Waals surface area contributed by atoms with Crippen LogP contribution in [-0.2, 0) is 9.59 Å². The Hall–Kier alpha value is -2.65. The maximum atomic E-state index is 13.4. The van der Waals surface area contributed by atoms with Gasteiger partial charge in [-0.25, -0.2) is 23.6 Å². The molecular weight excluding hydrogens is 471 g/mol. The van der Waals surface area contributed by atoms with Crippen molar-refractivity contribution in [1.82, 2.24) is 15.3 Å². The van der Waals surface area contributed by atoms with Gasteiger partial charge in [-0.05, 0) is 74.6 Å². The topological polar surface area (TPSA) is 72.9 Å². The van der Waals surface area contributed by atoms with Crippen molar-refractivity contribution in [3.05, 3.63) is 52.9 Å². The minimum Gasteiger partial charge on any atom is -0.480 e. The van der Waals surface area contributed by atoms with Gasteiger partial charge in [-0.2, -0.15) is 0 Å². The first-order valence-electron chi connectivity index (χ1n) is 12.7. The van der Waals surface area contributed by atoms with Crippen LogP contribution in [0.3, 0.4) is 0 Å². The minimum absolute atomic E-state index is 0.0459. The van der Waals surface area contributed by atoms with E-state index in [0.29, 0.717) is 31.8 Å². The summed E-state index contributed by atoms with van der Waals surface area (Å²) in [5, 5.41) is 11.9. The van der Waals surface area contributed by atoms with Gasteiger partial charge in [-0.3, -0.25) is 9.59 Å². The largest absolute Gasteiger partial charge is 0.480 e. The second-order valence-corrected chi connectivity index (χ2v) is 9.74. The summed E-state index contributed by atoms with van der Waals surface area (Å²) >= 11 is 0. The number of carboxylic acid groups (broad SMARTS) is 1. The Morgan fingerprint density at radius 3 is 2.25 bits per heavy atom. The van der Waals surface area contributed by atoms with Crippen molar-refractivity contribution in [3.8, 4) is 0 Å². The molecule has 1 amide bonds. The Labute approximate surface area is 210 Å². The molecule has 2 N–H and O–H groups in total. The fourth-order valence-electron chi connectivity index (χ4n) is 4.96. The molecular formula is C27H36F3N3O3. The second kappa shape index (κ2) is 13.1. The molecule has 2 fully saturated rings. The van der Waals surface area contributed by atoms with Crippen molar-refractivity contribution in [3.63, 3.8) is 0 Å². The molecule has 0 saturated carbocycles. The van der Waals surface area contributed by atoms with Gasteiger partial charge in [0.05, 0.1) is 0 Å². The summed E-state index contributed by atoms with van der Waals surface area (Å²) in [4.78, 5) is 26.1. The highest BCUT2D eigenvalue weighted by atomic mass is 19.2.